The number of aromatic nitrogens is 3. The van der Waals surface area contributed by atoms with E-state index >= 15 is 0 Å². The van der Waals surface area contributed by atoms with Gasteiger partial charge in [0.1, 0.15) is 17.0 Å². The zero-order chi connectivity index (χ0) is 9.47. The lowest BCUT2D eigenvalue weighted by Crippen LogP contribution is -2.20. The predicted octanol–water partition coefficient (Wildman–Crippen LogP) is 1.68. The van der Waals surface area contributed by atoms with Gasteiger partial charge in [-0.15, -0.1) is 10.2 Å². The molecule has 0 N–H and O–H groups in total. The third-order valence-electron chi connectivity index (χ3n) is 2.43. The summed E-state index contributed by atoms with van der Waals surface area (Å²) in [4.78, 5) is 4.14. The minimum atomic E-state index is -0.338. The summed E-state index contributed by atoms with van der Waals surface area (Å²) in [6.45, 7) is 4.52. The zero-order valence-corrected chi connectivity index (χ0v) is 8.30. The standard InChI is InChI=1S/C8H10ClN3O/c1-3-8(2)6-5(4-13-8)11-12-7(9)10-6/h3-4H2,1-2H3. The van der Waals surface area contributed by atoms with Gasteiger partial charge in [-0.05, 0) is 24.9 Å². The van der Waals surface area contributed by atoms with Crippen molar-refractivity contribution in [3.8, 4) is 0 Å². The van der Waals surface area contributed by atoms with Crippen LogP contribution in [0.4, 0.5) is 0 Å². The van der Waals surface area contributed by atoms with Gasteiger partial charge in [-0.25, -0.2) is 4.98 Å². The summed E-state index contributed by atoms with van der Waals surface area (Å²) >= 11 is 5.67. The number of ether oxygens (including phenoxy) is 1. The second-order valence-corrected chi connectivity index (χ2v) is 3.59. The summed E-state index contributed by atoms with van der Waals surface area (Å²) in [5, 5.41) is 7.79. The Bertz CT molecular complexity index is 344. The maximum absolute atomic E-state index is 5.67. The molecular formula is C8H10ClN3O. The van der Waals surface area contributed by atoms with Crippen LogP contribution in [0, 0.1) is 0 Å². The van der Waals surface area contributed by atoms with Crippen LogP contribution >= 0.6 is 11.6 Å². The summed E-state index contributed by atoms with van der Waals surface area (Å²) in [5.74, 6) is 0. The topological polar surface area (TPSA) is 47.9 Å². The molecule has 13 heavy (non-hydrogen) atoms. The molecule has 0 aromatic carbocycles. The lowest BCUT2D eigenvalue weighted by molar-refractivity contribution is -0.0285. The highest BCUT2D eigenvalue weighted by molar-refractivity contribution is 6.28. The van der Waals surface area contributed by atoms with Crippen molar-refractivity contribution >= 4 is 11.6 Å². The van der Waals surface area contributed by atoms with E-state index in [0.717, 1.165) is 17.8 Å². The summed E-state index contributed by atoms with van der Waals surface area (Å²) in [6.07, 6.45) is 0.856. The molecule has 0 fully saturated rings. The second kappa shape index (κ2) is 2.89. The Morgan fingerprint density at radius 1 is 1.54 bits per heavy atom. The Hall–Kier alpha value is -0.740. The molecule has 0 bridgehead atoms. The second-order valence-electron chi connectivity index (χ2n) is 3.25. The lowest BCUT2D eigenvalue weighted by Gasteiger charge is -2.20. The van der Waals surface area contributed by atoms with Crippen LogP contribution in [-0.4, -0.2) is 15.2 Å². The Morgan fingerprint density at radius 2 is 2.31 bits per heavy atom. The molecule has 5 heteroatoms. The monoisotopic (exact) mass is 199 g/mol. The quantitative estimate of drug-likeness (QED) is 0.691. The van der Waals surface area contributed by atoms with Crippen molar-refractivity contribution in [3.63, 3.8) is 0 Å². The molecule has 0 amide bonds. The first-order valence-corrected chi connectivity index (χ1v) is 4.57. The van der Waals surface area contributed by atoms with Crippen LogP contribution in [0.3, 0.4) is 0 Å². The van der Waals surface area contributed by atoms with Gasteiger partial charge in [-0.2, -0.15) is 0 Å². The Morgan fingerprint density at radius 3 is 3.00 bits per heavy atom. The molecule has 1 atom stereocenters. The van der Waals surface area contributed by atoms with E-state index in [4.69, 9.17) is 16.3 Å². The van der Waals surface area contributed by atoms with Crippen molar-refractivity contribution in [3.05, 3.63) is 16.7 Å². The minimum absolute atomic E-state index is 0.184. The van der Waals surface area contributed by atoms with E-state index in [1.165, 1.54) is 0 Å². The minimum Gasteiger partial charge on any atom is -0.362 e. The van der Waals surface area contributed by atoms with Crippen LogP contribution in [0.5, 0.6) is 0 Å². The molecule has 2 heterocycles. The molecule has 0 saturated carbocycles. The van der Waals surface area contributed by atoms with E-state index in [1.807, 2.05) is 13.8 Å². The Balaban J connectivity index is 2.52. The van der Waals surface area contributed by atoms with Crippen LogP contribution < -0.4 is 0 Å². The summed E-state index contributed by atoms with van der Waals surface area (Å²) in [7, 11) is 0. The first kappa shape index (κ1) is 8.84. The third-order valence-corrected chi connectivity index (χ3v) is 2.59. The number of hydrogen-bond donors (Lipinski definition) is 0. The average molecular weight is 200 g/mol. The molecular weight excluding hydrogens is 190 g/mol. The molecule has 0 radical (unpaired) electrons. The fourth-order valence-corrected chi connectivity index (χ4v) is 1.54. The van der Waals surface area contributed by atoms with E-state index in [2.05, 4.69) is 15.2 Å². The van der Waals surface area contributed by atoms with Gasteiger partial charge >= 0.3 is 0 Å². The number of hydrogen-bond acceptors (Lipinski definition) is 4. The highest BCUT2D eigenvalue weighted by Crippen LogP contribution is 2.36. The van der Waals surface area contributed by atoms with Gasteiger partial charge in [0.05, 0.1) is 6.61 Å². The molecule has 1 aliphatic heterocycles. The molecule has 0 spiro atoms. The van der Waals surface area contributed by atoms with E-state index in [0.29, 0.717) is 6.61 Å². The van der Waals surface area contributed by atoms with Crippen molar-refractivity contribution in [2.24, 2.45) is 0 Å². The summed E-state index contributed by atoms with van der Waals surface area (Å²) < 4.78 is 5.59. The van der Waals surface area contributed by atoms with Gasteiger partial charge in [0.25, 0.3) is 0 Å². The van der Waals surface area contributed by atoms with E-state index in [1.54, 1.807) is 0 Å². The first-order chi connectivity index (χ1) is 6.15. The fraction of sp³-hybridized carbons (Fsp3) is 0.625. The maximum Gasteiger partial charge on any atom is 0.243 e. The van der Waals surface area contributed by atoms with Crippen molar-refractivity contribution in [1.82, 2.24) is 15.2 Å². The highest BCUT2D eigenvalue weighted by Gasteiger charge is 2.37. The van der Waals surface area contributed by atoms with Gasteiger partial charge in [0.2, 0.25) is 5.28 Å². The van der Waals surface area contributed by atoms with Gasteiger partial charge in [-0.3, -0.25) is 0 Å². The molecule has 1 aliphatic rings. The van der Waals surface area contributed by atoms with Gasteiger partial charge in [-0.1, -0.05) is 6.92 Å². The smallest absolute Gasteiger partial charge is 0.243 e. The summed E-state index contributed by atoms with van der Waals surface area (Å²) in [5.41, 5.74) is 1.29. The van der Waals surface area contributed by atoms with Gasteiger partial charge < -0.3 is 4.74 Å². The van der Waals surface area contributed by atoms with Crippen LogP contribution in [0.1, 0.15) is 31.7 Å². The van der Waals surface area contributed by atoms with Crippen LogP contribution in [-0.2, 0) is 16.9 Å². The zero-order valence-electron chi connectivity index (χ0n) is 7.54. The molecule has 1 unspecified atom stereocenters. The molecule has 1 aromatic heterocycles. The SMILES string of the molecule is CCC1(C)OCc2nnc(Cl)nc21. The van der Waals surface area contributed by atoms with Crippen molar-refractivity contribution in [1.29, 1.82) is 0 Å². The molecule has 0 saturated heterocycles. The van der Waals surface area contributed by atoms with E-state index in [-0.39, 0.29) is 10.9 Å². The van der Waals surface area contributed by atoms with Crippen molar-refractivity contribution in [2.75, 3.05) is 0 Å². The first-order valence-electron chi connectivity index (χ1n) is 4.19. The summed E-state index contributed by atoms with van der Waals surface area (Å²) in [6, 6.07) is 0. The van der Waals surface area contributed by atoms with Crippen LogP contribution in [0.25, 0.3) is 0 Å². The number of nitrogens with zero attached hydrogens (tertiary/aromatic N) is 3. The molecule has 0 aliphatic carbocycles. The van der Waals surface area contributed by atoms with Crippen molar-refractivity contribution in [2.45, 2.75) is 32.5 Å². The number of rotatable bonds is 1. The Kier molecular flexibility index (Phi) is 1.96. The molecule has 2 rings (SSSR count). The maximum atomic E-state index is 5.67. The predicted molar refractivity (Wildman–Crippen MR) is 47.3 cm³/mol. The number of halogens is 1. The largest absolute Gasteiger partial charge is 0.362 e. The molecule has 1 aromatic rings. The van der Waals surface area contributed by atoms with Crippen LogP contribution in [0.2, 0.25) is 5.28 Å². The highest BCUT2D eigenvalue weighted by atomic mass is 35.5. The van der Waals surface area contributed by atoms with Crippen LogP contribution in [0.15, 0.2) is 0 Å². The third kappa shape index (κ3) is 1.30. The van der Waals surface area contributed by atoms with Gasteiger partial charge in [0, 0.05) is 0 Å². The van der Waals surface area contributed by atoms with Crippen molar-refractivity contribution < 1.29 is 4.74 Å². The number of fused-ring (bicyclic) bond motifs is 1. The Labute approximate surface area is 81.3 Å². The lowest BCUT2D eigenvalue weighted by atomic mass is 10.00. The van der Waals surface area contributed by atoms with E-state index < -0.39 is 0 Å². The fourth-order valence-electron chi connectivity index (χ4n) is 1.41. The normalized spacial score (nSPS) is 26.1. The van der Waals surface area contributed by atoms with Gasteiger partial charge in [0.15, 0.2) is 0 Å². The molecule has 70 valence electrons. The average Bonchev–Trinajstić information content (AvgIpc) is 2.45. The molecule has 4 nitrogen and oxygen atoms in total. The van der Waals surface area contributed by atoms with E-state index in [9.17, 15) is 0 Å².